The number of amides is 1. The molecule has 1 amide bonds. The molecule has 3 aromatic rings. The highest BCUT2D eigenvalue weighted by molar-refractivity contribution is 7.13. The predicted molar refractivity (Wildman–Crippen MR) is 95.4 cm³/mol. The molecule has 0 aliphatic heterocycles. The van der Waals surface area contributed by atoms with Crippen molar-refractivity contribution in [3.8, 4) is 0 Å². The Labute approximate surface area is 153 Å². The van der Waals surface area contributed by atoms with Crippen molar-refractivity contribution in [1.29, 1.82) is 0 Å². The van der Waals surface area contributed by atoms with Crippen molar-refractivity contribution in [3.63, 3.8) is 0 Å². The quantitative estimate of drug-likeness (QED) is 0.712. The molecular formula is C17H18FN5O2S. The van der Waals surface area contributed by atoms with Gasteiger partial charge in [0.1, 0.15) is 16.6 Å². The highest BCUT2D eigenvalue weighted by atomic mass is 32.1. The number of rotatable bonds is 6. The first-order valence-electron chi connectivity index (χ1n) is 7.92. The van der Waals surface area contributed by atoms with Crippen molar-refractivity contribution in [1.82, 2.24) is 20.3 Å². The van der Waals surface area contributed by atoms with Crippen LogP contribution in [-0.4, -0.2) is 33.2 Å². The fraction of sp³-hybridized carbons (Fsp3) is 0.294. The molecule has 1 aromatic carbocycles. The number of hydrogen-bond acceptors (Lipinski definition) is 7. The van der Waals surface area contributed by atoms with E-state index < -0.39 is 0 Å². The lowest BCUT2D eigenvalue weighted by molar-refractivity contribution is 0.102. The summed E-state index contributed by atoms with van der Waals surface area (Å²) >= 11 is 1.22. The Balaban J connectivity index is 1.60. The third-order valence-electron chi connectivity index (χ3n) is 3.78. The summed E-state index contributed by atoms with van der Waals surface area (Å²) in [4.78, 5) is 14.3. The van der Waals surface area contributed by atoms with Crippen LogP contribution < -0.4 is 5.32 Å². The molecule has 0 atom stereocenters. The summed E-state index contributed by atoms with van der Waals surface area (Å²) in [6.45, 7) is 5.00. The van der Waals surface area contributed by atoms with Gasteiger partial charge in [-0.2, -0.15) is 0 Å². The second-order valence-electron chi connectivity index (χ2n) is 5.94. The molecule has 2 heterocycles. The second-order valence-corrected chi connectivity index (χ2v) is 7.00. The van der Waals surface area contributed by atoms with Gasteiger partial charge >= 0.3 is 0 Å². The Morgan fingerprint density at radius 2 is 1.96 bits per heavy atom. The van der Waals surface area contributed by atoms with Crippen LogP contribution in [0.25, 0.3) is 0 Å². The van der Waals surface area contributed by atoms with Crippen molar-refractivity contribution < 1.29 is 13.7 Å². The van der Waals surface area contributed by atoms with Crippen molar-refractivity contribution in [2.45, 2.75) is 26.9 Å². The summed E-state index contributed by atoms with van der Waals surface area (Å²) in [7, 11) is 1.95. The van der Waals surface area contributed by atoms with Gasteiger partial charge in [0.15, 0.2) is 0 Å². The monoisotopic (exact) mass is 375 g/mol. The Morgan fingerprint density at radius 1 is 1.23 bits per heavy atom. The third-order valence-corrected chi connectivity index (χ3v) is 4.68. The van der Waals surface area contributed by atoms with Gasteiger partial charge in [0.2, 0.25) is 5.01 Å². The predicted octanol–water partition coefficient (Wildman–Crippen LogP) is 3.17. The van der Waals surface area contributed by atoms with Gasteiger partial charge in [0.25, 0.3) is 5.91 Å². The minimum Gasteiger partial charge on any atom is -0.361 e. The van der Waals surface area contributed by atoms with E-state index in [2.05, 4.69) is 25.6 Å². The highest BCUT2D eigenvalue weighted by Crippen LogP contribution is 2.18. The van der Waals surface area contributed by atoms with E-state index >= 15 is 0 Å². The Morgan fingerprint density at radius 3 is 2.62 bits per heavy atom. The second kappa shape index (κ2) is 7.71. The largest absolute Gasteiger partial charge is 0.361 e. The average molecular weight is 375 g/mol. The SMILES string of the molecule is Cc1noc(C)c1CN(C)Cc1nnc(C(=O)Nc2ccc(F)cc2)s1. The van der Waals surface area contributed by atoms with Crippen LogP contribution in [0.5, 0.6) is 0 Å². The van der Waals surface area contributed by atoms with Gasteiger partial charge in [-0.1, -0.05) is 16.5 Å². The van der Waals surface area contributed by atoms with Gasteiger partial charge in [-0.25, -0.2) is 4.39 Å². The molecular weight excluding hydrogens is 357 g/mol. The van der Waals surface area contributed by atoms with Gasteiger partial charge in [-0.15, -0.1) is 10.2 Å². The van der Waals surface area contributed by atoms with E-state index in [0.717, 1.165) is 22.0 Å². The molecule has 9 heteroatoms. The molecule has 2 aromatic heterocycles. The molecule has 0 aliphatic rings. The van der Waals surface area contributed by atoms with E-state index in [-0.39, 0.29) is 16.7 Å². The summed E-state index contributed by atoms with van der Waals surface area (Å²) in [6, 6.07) is 5.55. The lowest BCUT2D eigenvalue weighted by Crippen LogP contribution is -2.17. The van der Waals surface area contributed by atoms with Crippen molar-refractivity contribution in [2.75, 3.05) is 12.4 Å². The molecule has 0 radical (unpaired) electrons. The van der Waals surface area contributed by atoms with Crippen LogP contribution in [0.1, 0.15) is 31.8 Å². The molecule has 0 spiro atoms. The maximum atomic E-state index is 12.9. The minimum absolute atomic E-state index is 0.259. The Hall–Kier alpha value is -2.65. The number of aromatic nitrogens is 3. The first-order chi connectivity index (χ1) is 12.4. The molecule has 26 heavy (non-hydrogen) atoms. The first-order valence-corrected chi connectivity index (χ1v) is 8.73. The maximum absolute atomic E-state index is 12.9. The minimum atomic E-state index is -0.367. The Bertz CT molecular complexity index is 887. The zero-order valence-electron chi connectivity index (χ0n) is 14.6. The van der Waals surface area contributed by atoms with Crippen LogP contribution in [0.2, 0.25) is 0 Å². The number of benzene rings is 1. The Kier molecular flexibility index (Phi) is 5.38. The van der Waals surface area contributed by atoms with Gasteiger partial charge in [0, 0.05) is 17.8 Å². The average Bonchev–Trinajstić information content (AvgIpc) is 3.19. The van der Waals surface area contributed by atoms with Crippen molar-refractivity contribution in [2.24, 2.45) is 0 Å². The van der Waals surface area contributed by atoms with E-state index in [9.17, 15) is 9.18 Å². The number of nitrogens with one attached hydrogen (secondary N) is 1. The molecule has 0 unspecified atom stereocenters. The summed E-state index contributed by atoms with van der Waals surface area (Å²) in [5.74, 6) is 0.0715. The summed E-state index contributed by atoms with van der Waals surface area (Å²) in [6.07, 6.45) is 0. The molecule has 0 bridgehead atoms. The third kappa shape index (κ3) is 4.30. The number of carbonyl (C=O) groups excluding carboxylic acids is 1. The number of halogens is 1. The number of hydrogen-bond donors (Lipinski definition) is 1. The van der Waals surface area contributed by atoms with E-state index in [1.54, 1.807) is 0 Å². The molecule has 3 rings (SSSR count). The molecule has 136 valence electrons. The topological polar surface area (TPSA) is 84.2 Å². The fourth-order valence-corrected chi connectivity index (χ4v) is 3.23. The zero-order valence-corrected chi connectivity index (χ0v) is 15.4. The van der Waals surface area contributed by atoms with Gasteiger partial charge in [0.05, 0.1) is 12.2 Å². The first kappa shape index (κ1) is 18.2. The van der Waals surface area contributed by atoms with E-state index in [4.69, 9.17) is 4.52 Å². The van der Waals surface area contributed by atoms with Crippen LogP contribution in [0.4, 0.5) is 10.1 Å². The number of carbonyl (C=O) groups is 1. The standard InChI is InChI=1S/C17H18FN5O2S/c1-10-14(11(2)25-22-10)8-23(3)9-15-20-21-17(26-15)16(24)19-13-6-4-12(18)5-7-13/h4-7H,8-9H2,1-3H3,(H,19,24). The van der Waals surface area contributed by atoms with Crippen molar-refractivity contribution in [3.05, 3.63) is 57.1 Å². The highest BCUT2D eigenvalue weighted by Gasteiger charge is 2.16. The fourth-order valence-electron chi connectivity index (χ4n) is 2.41. The van der Waals surface area contributed by atoms with Crippen LogP contribution in [0.15, 0.2) is 28.8 Å². The molecule has 1 N–H and O–H groups in total. The molecule has 0 saturated carbocycles. The van der Waals surface area contributed by atoms with Gasteiger partial charge < -0.3 is 9.84 Å². The molecule has 0 aliphatic carbocycles. The van der Waals surface area contributed by atoms with Crippen LogP contribution in [0.3, 0.4) is 0 Å². The summed E-state index contributed by atoms with van der Waals surface area (Å²) in [5.41, 5.74) is 2.42. The normalized spacial score (nSPS) is 11.1. The number of nitrogens with zero attached hydrogens (tertiary/aromatic N) is 4. The van der Waals surface area contributed by atoms with E-state index in [0.29, 0.717) is 18.8 Å². The van der Waals surface area contributed by atoms with Gasteiger partial charge in [-0.05, 0) is 45.2 Å². The molecule has 7 nitrogen and oxygen atoms in total. The summed E-state index contributed by atoms with van der Waals surface area (Å²) in [5, 5.41) is 15.6. The van der Waals surface area contributed by atoms with Crippen molar-refractivity contribution >= 4 is 22.9 Å². The summed E-state index contributed by atoms with van der Waals surface area (Å²) < 4.78 is 18.1. The molecule has 0 fully saturated rings. The lowest BCUT2D eigenvalue weighted by atomic mass is 10.2. The number of anilines is 1. The van der Waals surface area contributed by atoms with E-state index in [1.165, 1.54) is 35.6 Å². The maximum Gasteiger partial charge on any atom is 0.286 e. The van der Waals surface area contributed by atoms with Gasteiger partial charge in [-0.3, -0.25) is 9.69 Å². The van der Waals surface area contributed by atoms with E-state index in [1.807, 2.05) is 20.9 Å². The lowest BCUT2D eigenvalue weighted by Gasteiger charge is -2.14. The zero-order chi connectivity index (χ0) is 18.7. The van der Waals surface area contributed by atoms with Crippen LogP contribution >= 0.6 is 11.3 Å². The molecule has 0 saturated heterocycles. The van der Waals surface area contributed by atoms with Crippen LogP contribution in [0, 0.1) is 19.7 Å². The number of aryl methyl sites for hydroxylation is 2. The van der Waals surface area contributed by atoms with Crippen LogP contribution in [-0.2, 0) is 13.1 Å². The smallest absolute Gasteiger partial charge is 0.286 e.